The number of amides is 5. The summed E-state index contributed by atoms with van der Waals surface area (Å²) in [6.07, 6.45) is 3.88. The standard InChI is InChI=1S/C48H55N11O10/c1-5-58-37(25-33(56-58)28-11-12-28)52-43-41-30-24-36(65-4)31(39-26(2)57-69-27(39)3)23-34(30)51-42(41)54-44(55-43)46(62)50-16-18-67-20-22-68-21-19-66-17-7-6-15-49-32-10-8-9-29-40(32)48(64)59(47(29)63)35-13-14-38(60)53-45(35)61/h8-10,23-25,28,35,49H,5-7,11-22H2,1-4H3,(H,50,62)(H,53,60,61)(H2,51,52,54,55). The number of carbonyl (C=O) groups is 5. The van der Waals surface area contributed by atoms with Crippen molar-refractivity contribution in [3.8, 4) is 16.9 Å². The van der Waals surface area contributed by atoms with Gasteiger partial charge in [-0.05, 0) is 77.1 Å². The number of aryl methyl sites for hydroxylation is 3. The van der Waals surface area contributed by atoms with Crippen LogP contribution in [-0.2, 0) is 30.3 Å². The van der Waals surface area contributed by atoms with Crippen molar-refractivity contribution in [2.75, 3.05) is 70.5 Å². The first kappa shape index (κ1) is 46.9. The number of H-pyrrole nitrogens is 1. The minimum Gasteiger partial charge on any atom is -0.496 e. The molecule has 2 aliphatic heterocycles. The lowest BCUT2D eigenvalue weighted by molar-refractivity contribution is -0.136. The molecule has 2 fully saturated rings. The summed E-state index contributed by atoms with van der Waals surface area (Å²) < 4.78 is 30.3. The molecule has 69 heavy (non-hydrogen) atoms. The molecule has 1 atom stereocenters. The molecule has 3 aliphatic rings. The molecule has 5 amide bonds. The molecule has 21 nitrogen and oxygen atoms in total. The highest BCUT2D eigenvalue weighted by Crippen LogP contribution is 2.43. The summed E-state index contributed by atoms with van der Waals surface area (Å²) in [5, 5.41) is 22.3. The van der Waals surface area contributed by atoms with Crippen LogP contribution < -0.4 is 26.0 Å². The number of hydrogen-bond donors (Lipinski definition) is 5. The molecule has 1 aliphatic carbocycles. The van der Waals surface area contributed by atoms with Gasteiger partial charge in [-0.25, -0.2) is 14.6 Å². The third kappa shape index (κ3) is 9.88. The number of aromatic nitrogens is 6. The smallest absolute Gasteiger partial charge is 0.289 e. The number of nitrogens with zero attached hydrogens (tertiary/aromatic N) is 6. The Labute approximate surface area is 396 Å². The number of unbranched alkanes of at least 4 members (excludes halogenated alkanes) is 1. The van der Waals surface area contributed by atoms with Crippen LogP contribution in [0.4, 0.5) is 17.3 Å². The molecule has 1 saturated carbocycles. The molecular weight excluding hydrogens is 891 g/mol. The first-order valence-corrected chi connectivity index (χ1v) is 23.3. The second-order valence-corrected chi connectivity index (χ2v) is 17.1. The largest absolute Gasteiger partial charge is 0.496 e. The Bertz CT molecular complexity index is 2920. The molecule has 0 bridgehead atoms. The molecule has 1 saturated heterocycles. The van der Waals surface area contributed by atoms with Crippen LogP contribution in [0.5, 0.6) is 5.75 Å². The molecular formula is C48H55N11O10. The minimum atomic E-state index is -1.02. The Kier molecular flexibility index (Phi) is 14.0. The van der Waals surface area contributed by atoms with E-state index in [4.69, 9.17) is 33.6 Å². The van der Waals surface area contributed by atoms with Gasteiger partial charge in [0.1, 0.15) is 34.8 Å². The molecule has 6 heterocycles. The van der Waals surface area contributed by atoms with Gasteiger partial charge in [-0.3, -0.25) is 34.2 Å². The summed E-state index contributed by atoms with van der Waals surface area (Å²) in [5.41, 5.74) is 5.63. The van der Waals surface area contributed by atoms with E-state index >= 15 is 0 Å². The molecule has 6 aromatic rings. The Morgan fingerprint density at radius 2 is 1.67 bits per heavy atom. The number of imide groups is 2. The summed E-state index contributed by atoms with van der Waals surface area (Å²) in [7, 11) is 1.62. The van der Waals surface area contributed by atoms with Gasteiger partial charge in [0.2, 0.25) is 17.6 Å². The number of aromatic amines is 1. The molecule has 9 rings (SSSR count). The van der Waals surface area contributed by atoms with Gasteiger partial charge >= 0.3 is 0 Å². The predicted octanol–water partition coefficient (Wildman–Crippen LogP) is 5.30. The highest BCUT2D eigenvalue weighted by atomic mass is 16.5. The lowest BCUT2D eigenvalue weighted by atomic mass is 10.0. The molecule has 2 aromatic carbocycles. The van der Waals surface area contributed by atoms with Crippen LogP contribution in [0.15, 0.2) is 40.9 Å². The van der Waals surface area contributed by atoms with Crippen LogP contribution >= 0.6 is 0 Å². The number of benzene rings is 2. The Morgan fingerprint density at radius 3 is 2.39 bits per heavy atom. The second kappa shape index (κ2) is 20.6. The number of piperidine rings is 1. The summed E-state index contributed by atoms with van der Waals surface area (Å²) in [4.78, 5) is 77.8. The second-order valence-electron chi connectivity index (χ2n) is 17.1. The maximum absolute atomic E-state index is 13.6. The number of anilines is 3. The molecule has 362 valence electrons. The van der Waals surface area contributed by atoms with Gasteiger partial charge in [0.15, 0.2) is 0 Å². The fourth-order valence-corrected chi connectivity index (χ4v) is 8.80. The van der Waals surface area contributed by atoms with Crippen molar-refractivity contribution in [1.82, 2.24) is 45.4 Å². The lowest BCUT2D eigenvalue weighted by Crippen LogP contribution is -2.54. The van der Waals surface area contributed by atoms with E-state index in [2.05, 4.69) is 36.4 Å². The molecule has 0 radical (unpaired) electrons. The lowest BCUT2D eigenvalue weighted by Gasteiger charge is -2.27. The third-order valence-corrected chi connectivity index (χ3v) is 12.4. The fraction of sp³-hybridized carbons (Fsp3) is 0.438. The fourth-order valence-electron chi connectivity index (χ4n) is 8.80. The van der Waals surface area contributed by atoms with Crippen molar-refractivity contribution in [2.24, 2.45) is 0 Å². The number of nitrogens with one attached hydrogen (secondary N) is 5. The van der Waals surface area contributed by atoms with Crippen LogP contribution in [0.1, 0.15) is 99.8 Å². The first-order valence-electron chi connectivity index (χ1n) is 23.3. The number of carbonyl (C=O) groups excluding carboxylic acids is 5. The van der Waals surface area contributed by atoms with E-state index in [0.29, 0.717) is 86.1 Å². The number of methoxy groups -OCH3 is 1. The quantitative estimate of drug-likeness (QED) is 0.0403. The number of ether oxygens (including phenoxy) is 4. The monoisotopic (exact) mass is 945 g/mol. The number of hydrogen-bond acceptors (Lipinski definition) is 16. The minimum absolute atomic E-state index is 0.0207. The zero-order valence-corrected chi connectivity index (χ0v) is 39.0. The normalized spacial score (nSPS) is 15.9. The average Bonchev–Trinajstić information content (AvgIpc) is 3.78. The van der Waals surface area contributed by atoms with Gasteiger partial charge in [0.25, 0.3) is 17.7 Å². The Morgan fingerprint density at radius 1 is 0.884 bits per heavy atom. The van der Waals surface area contributed by atoms with Crippen LogP contribution in [0.2, 0.25) is 0 Å². The summed E-state index contributed by atoms with van der Waals surface area (Å²) in [6.45, 7) is 9.39. The zero-order valence-electron chi connectivity index (χ0n) is 39.0. The van der Waals surface area contributed by atoms with E-state index in [-0.39, 0.29) is 42.9 Å². The van der Waals surface area contributed by atoms with E-state index in [0.717, 1.165) is 69.8 Å². The van der Waals surface area contributed by atoms with Crippen LogP contribution in [0.3, 0.4) is 0 Å². The van der Waals surface area contributed by atoms with E-state index < -0.39 is 35.6 Å². The number of fused-ring (bicyclic) bond motifs is 4. The van der Waals surface area contributed by atoms with Crippen molar-refractivity contribution in [2.45, 2.75) is 77.8 Å². The van der Waals surface area contributed by atoms with E-state index in [1.54, 1.807) is 25.3 Å². The molecule has 0 spiro atoms. The van der Waals surface area contributed by atoms with Gasteiger partial charge in [-0.2, -0.15) is 5.10 Å². The Hall–Kier alpha value is -7.23. The third-order valence-electron chi connectivity index (χ3n) is 12.4. The molecule has 1 unspecified atom stereocenters. The van der Waals surface area contributed by atoms with Gasteiger partial charge in [0, 0.05) is 66.8 Å². The van der Waals surface area contributed by atoms with Crippen molar-refractivity contribution in [3.63, 3.8) is 0 Å². The summed E-state index contributed by atoms with van der Waals surface area (Å²) in [5.74, 6) is 0.319. The predicted molar refractivity (Wildman–Crippen MR) is 252 cm³/mol. The van der Waals surface area contributed by atoms with Crippen LogP contribution in [0.25, 0.3) is 33.1 Å². The van der Waals surface area contributed by atoms with Gasteiger partial charge < -0.3 is 44.4 Å². The van der Waals surface area contributed by atoms with Gasteiger partial charge in [0.05, 0.1) is 73.6 Å². The van der Waals surface area contributed by atoms with E-state index in [9.17, 15) is 24.0 Å². The van der Waals surface area contributed by atoms with Crippen molar-refractivity contribution >= 4 is 68.8 Å². The maximum atomic E-state index is 13.6. The maximum Gasteiger partial charge on any atom is 0.289 e. The van der Waals surface area contributed by atoms with Gasteiger partial charge in [-0.15, -0.1) is 0 Å². The first-order chi connectivity index (χ1) is 33.5. The summed E-state index contributed by atoms with van der Waals surface area (Å²) in [6, 6.07) is 9.93. The highest BCUT2D eigenvalue weighted by Gasteiger charge is 2.45. The van der Waals surface area contributed by atoms with Gasteiger partial charge in [-0.1, -0.05) is 11.2 Å². The van der Waals surface area contributed by atoms with Crippen molar-refractivity contribution < 1.29 is 47.4 Å². The topological polar surface area (TPSA) is 259 Å². The molecule has 21 heteroatoms. The van der Waals surface area contributed by atoms with E-state index in [1.165, 1.54) is 0 Å². The summed E-state index contributed by atoms with van der Waals surface area (Å²) >= 11 is 0. The average molecular weight is 946 g/mol. The van der Waals surface area contributed by atoms with Crippen LogP contribution in [-0.4, -0.2) is 130 Å². The highest BCUT2D eigenvalue weighted by molar-refractivity contribution is 6.25. The zero-order chi connectivity index (χ0) is 48.2. The van der Waals surface area contributed by atoms with E-state index in [1.807, 2.05) is 43.7 Å². The van der Waals surface area contributed by atoms with Crippen molar-refractivity contribution in [1.29, 1.82) is 0 Å². The Balaban J connectivity index is 0.715. The molecule has 5 N–H and O–H groups in total. The SMILES string of the molecule is CCn1nc(C2CC2)cc1Nc1nc(C(=O)NCCOCCOCCOCCCCNc2cccc3c2C(=O)N(C2CCC(=O)NC2=O)C3=O)nc2[nH]c3cc(-c4c(C)noc4C)c(OC)cc3c12. The molecule has 4 aromatic heterocycles. The van der Waals surface area contributed by atoms with Crippen molar-refractivity contribution in [3.05, 3.63) is 70.5 Å². The number of rotatable bonds is 23. The van der Waals surface area contributed by atoms with Crippen LogP contribution in [0, 0.1) is 13.8 Å².